The van der Waals surface area contributed by atoms with Gasteiger partial charge in [-0.1, -0.05) is 48.5 Å². The maximum Gasteiger partial charge on any atom is 0.411 e. The third-order valence-electron chi connectivity index (χ3n) is 4.97. The van der Waals surface area contributed by atoms with Crippen LogP contribution in [0.5, 0.6) is 0 Å². The number of aromatic nitrogens is 5. The Balaban J connectivity index is 1.76. The maximum absolute atomic E-state index is 12.0. The molecule has 0 fully saturated rings. The molecule has 2 N–H and O–H groups in total. The predicted octanol–water partition coefficient (Wildman–Crippen LogP) is 4.80. The molecule has 5 aromatic rings. The summed E-state index contributed by atoms with van der Waals surface area (Å²) < 4.78 is 5.05. The number of tetrazole rings is 1. The number of nitrogens with zero attached hydrogens (tertiary/aromatic N) is 4. The molecule has 31 heavy (non-hydrogen) atoms. The number of amides is 1. The number of rotatable bonds is 4. The van der Waals surface area contributed by atoms with E-state index in [1.165, 1.54) is 0 Å². The fourth-order valence-electron chi connectivity index (χ4n) is 3.65. The summed E-state index contributed by atoms with van der Waals surface area (Å²) in [5, 5.41) is 20.0. The van der Waals surface area contributed by atoms with Crippen LogP contribution in [0.2, 0.25) is 0 Å². The fraction of sp³-hybridized carbons (Fsp3) is 0.0870. The molecule has 0 bridgehead atoms. The lowest BCUT2D eigenvalue weighted by atomic mass is 9.95. The van der Waals surface area contributed by atoms with Gasteiger partial charge in [-0.25, -0.2) is 9.78 Å². The summed E-state index contributed by atoms with van der Waals surface area (Å²) in [5.41, 5.74) is 3.89. The zero-order valence-electron chi connectivity index (χ0n) is 16.7. The van der Waals surface area contributed by atoms with Crippen molar-refractivity contribution in [2.75, 3.05) is 11.9 Å². The Bertz CT molecular complexity index is 1390. The maximum atomic E-state index is 12.0. The summed E-state index contributed by atoms with van der Waals surface area (Å²) in [5.74, 6) is 0.416. The summed E-state index contributed by atoms with van der Waals surface area (Å²) in [7, 11) is 0. The van der Waals surface area contributed by atoms with E-state index in [9.17, 15) is 4.79 Å². The summed E-state index contributed by atoms with van der Waals surface area (Å²) in [6, 6.07) is 21.8. The first-order valence-corrected chi connectivity index (χ1v) is 9.83. The van der Waals surface area contributed by atoms with Gasteiger partial charge in [0.05, 0.1) is 12.1 Å². The number of ether oxygens (including phenoxy) is 1. The van der Waals surface area contributed by atoms with E-state index < -0.39 is 6.09 Å². The summed E-state index contributed by atoms with van der Waals surface area (Å²) in [6.45, 7) is 2.07. The van der Waals surface area contributed by atoms with Crippen LogP contribution in [0.4, 0.5) is 10.5 Å². The van der Waals surface area contributed by atoms with Crippen molar-refractivity contribution in [3.8, 4) is 22.6 Å². The minimum Gasteiger partial charge on any atom is -0.450 e. The number of carbonyl (C=O) groups is 1. The van der Waals surface area contributed by atoms with E-state index in [1.54, 1.807) is 6.92 Å². The molecule has 1 amide bonds. The van der Waals surface area contributed by atoms with Crippen molar-refractivity contribution in [3.63, 3.8) is 0 Å². The van der Waals surface area contributed by atoms with Crippen LogP contribution in [0.1, 0.15) is 6.92 Å². The lowest BCUT2D eigenvalue weighted by molar-refractivity contribution is 0.168. The number of pyridine rings is 1. The highest BCUT2D eigenvalue weighted by Crippen LogP contribution is 2.36. The first-order valence-electron chi connectivity index (χ1n) is 9.83. The second-order valence-corrected chi connectivity index (χ2v) is 6.90. The molecule has 0 spiro atoms. The molecule has 0 saturated carbocycles. The van der Waals surface area contributed by atoms with E-state index >= 15 is 0 Å². The molecule has 152 valence electrons. The van der Waals surface area contributed by atoms with Gasteiger partial charge in [0.15, 0.2) is 0 Å². The van der Waals surface area contributed by atoms with Crippen molar-refractivity contribution in [1.29, 1.82) is 0 Å². The lowest BCUT2D eigenvalue weighted by Crippen LogP contribution is -2.13. The molecule has 0 aliphatic rings. The van der Waals surface area contributed by atoms with Gasteiger partial charge in [0.25, 0.3) is 0 Å². The van der Waals surface area contributed by atoms with Crippen LogP contribution in [-0.2, 0) is 4.74 Å². The van der Waals surface area contributed by atoms with Gasteiger partial charge in [0.1, 0.15) is 5.69 Å². The van der Waals surface area contributed by atoms with Gasteiger partial charge < -0.3 is 4.74 Å². The van der Waals surface area contributed by atoms with Crippen LogP contribution >= 0.6 is 0 Å². The molecule has 8 nitrogen and oxygen atoms in total. The number of anilines is 1. The van der Waals surface area contributed by atoms with Gasteiger partial charge in [0.2, 0.25) is 5.82 Å². The van der Waals surface area contributed by atoms with Crippen molar-refractivity contribution in [2.45, 2.75) is 6.92 Å². The minimum atomic E-state index is -0.498. The van der Waals surface area contributed by atoms with Crippen LogP contribution < -0.4 is 5.32 Å². The number of carbonyl (C=O) groups excluding carboxylic acids is 1. The lowest BCUT2D eigenvalue weighted by Gasteiger charge is -2.13. The summed E-state index contributed by atoms with van der Waals surface area (Å²) in [6.07, 6.45) is -0.498. The quantitative estimate of drug-likeness (QED) is 0.441. The van der Waals surface area contributed by atoms with E-state index in [-0.39, 0.29) is 0 Å². The van der Waals surface area contributed by atoms with Crippen molar-refractivity contribution in [3.05, 3.63) is 66.7 Å². The van der Waals surface area contributed by atoms with E-state index in [1.807, 2.05) is 48.5 Å². The second kappa shape index (κ2) is 7.83. The number of nitrogens with one attached hydrogen (secondary N) is 2. The summed E-state index contributed by atoms with van der Waals surface area (Å²) >= 11 is 0. The highest BCUT2D eigenvalue weighted by atomic mass is 16.5. The normalized spacial score (nSPS) is 11.0. The zero-order valence-corrected chi connectivity index (χ0v) is 16.7. The first kappa shape index (κ1) is 18.7. The summed E-state index contributed by atoms with van der Waals surface area (Å²) in [4.78, 5) is 16.9. The monoisotopic (exact) mass is 410 g/mol. The van der Waals surface area contributed by atoms with Gasteiger partial charge in [-0.05, 0) is 46.7 Å². The van der Waals surface area contributed by atoms with Gasteiger partial charge in [-0.3, -0.25) is 5.32 Å². The van der Waals surface area contributed by atoms with Crippen LogP contribution in [0.15, 0.2) is 66.7 Å². The standard InChI is InChI=1S/C23H18N6O2/c1-2-31-23(30)24-16-12-15-10-11-20(22-26-28-29-27-22)25-21(15)19(13-16)18-9-5-7-14-6-3-4-8-17(14)18/h3-13H,2H2,1H3,(H,24,30)(H,26,27,28,29). The Morgan fingerprint density at radius 2 is 1.87 bits per heavy atom. The highest BCUT2D eigenvalue weighted by Gasteiger charge is 2.15. The predicted molar refractivity (Wildman–Crippen MR) is 119 cm³/mol. The molecule has 8 heteroatoms. The van der Waals surface area contributed by atoms with Gasteiger partial charge in [-0.2, -0.15) is 5.21 Å². The zero-order chi connectivity index (χ0) is 21.2. The van der Waals surface area contributed by atoms with Crippen LogP contribution in [0, 0.1) is 0 Å². The topological polar surface area (TPSA) is 106 Å². The number of benzene rings is 3. The SMILES string of the molecule is CCOC(=O)Nc1cc(-c2cccc3ccccc23)c2nc(-c3nn[nH]n3)ccc2c1. The van der Waals surface area contributed by atoms with E-state index in [0.29, 0.717) is 23.8 Å². The molecular formula is C23H18N6O2. The molecule has 2 heterocycles. The number of H-pyrrole nitrogens is 1. The van der Waals surface area contributed by atoms with Gasteiger partial charge in [0, 0.05) is 16.6 Å². The molecule has 0 atom stereocenters. The number of hydrogen-bond acceptors (Lipinski definition) is 6. The Hall–Kier alpha value is -4.33. The second-order valence-electron chi connectivity index (χ2n) is 6.90. The average molecular weight is 410 g/mol. The van der Waals surface area contributed by atoms with Crippen LogP contribution in [0.25, 0.3) is 44.3 Å². The molecule has 5 rings (SSSR count). The van der Waals surface area contributed by atoms with E-state index in [0.717, 1.165) is 32.8 Å². The molecule has 0 aliphatic carbocycles. The Morgan fingerprint density at radius 3 is 2.71 bits per heavy atom. The molecule has 3 aromatic carbocycles. The molecular weight excluding hydrogens is 392 g/mol. The third kappa shape index (κ3) is 3.55. The fourth-order valence-corrected chi connectivity index (χ4v) is 3.65. The van der Waals surface area contributed by atoms with Crippen molar-refractivity contribution in [2.24, 2.45) is 0 Å². The van der Waals surface area contributed by atoms with Crippen LogP contribution in [-0.4, -0.2) is 38.3 Å². The molecule has 0 radical (unpaired) electrons. The Morgan fingerprint density at radius 1 is 1.00 bits per heavy atom. The smallest absolute Gasteiger partial charge is 0.411 e. The highest BCUT2D eigenvalue weighted by molar-refractivity contribution is 6.06. The van der Waals surface area contributed by atoms with Crippen LogP contribution in [0.3, 0.4) is 0 Å². The van der Waals surface area contributed by atoms with Gasteiger partial charge >= 0.3 is 6.09 Å². The van der Waals surface area contributed by atoms with E-state index in [4.69, 9.17) is 9.72 Å². The number of hydrogen-bond donors (Lipinski definition) is 2. The third-order valence-corrected chi connectivity index (χ3v) is 4.97. The first-order chi connectivity index (χ1) is 15.2. The molecule has 0 saturated heterocycles. The molecule has 2 aromatic heterocycles. The van der Waals surface area contributed by atoms with Crippen molar-refractivity contribution >= 4 is 33.5 Å². The molecule has 0 unspecified atom stereocenters. The molecule has 0 aliphatic heterocycles. The average Bonchev–Trinajstić information content (AvgIpc) is 3.33. The van der Waals surface area contributed by atoms with Crippen molar-refractivity contribution < 1.29 is 9.53 Å². The van der Waals surface area contributed by atoms with Gasteiger partial charge in [-0.15, -0.1) is 10.2 Å². The number of fused-ring (bicyclic) bond motifs is 2. The largest absolute Gasteiger partial charge is 0.450 e. The van der Waals surface area contributed by atoms with Crippen molar-refractivity contribution in [1.82, 2.24) is 25.6 Å². The Kier molecular flexibility index (Phi) is 4.72. The van der Waals surface area contributed by atoms with E-state index in [2.05, 4.69) is 44.1 Å². The minimum absolute atomic E-state index is 0.297. The number of aromatic amines is 1. The Labute approximate surface area is 177 Å².